The third kappa shape index (κ3) is 6.13. The summed E-state index contributed by atoms with van der Waals surface area (Å²) in [5.41, 5.74) is 3.09. The van der Waals surface area contributed by atoms with Gasteiger partial charge in [-0.2, -0.15) is 0 Å². The van der Waals surface area contributed by atoms with Crippen molar-refractivity contribution in [3.05, 3.63) is 70.8 Å². The highest BCUT2D eigenvalue weighted by Gasteiger charge is 2.14. The van der Waals surface area contributed by atoms with E-state index in [2.05, 4.69) is 22.9 Å². The van der Waals surface area contributed by atoms with Crippen LogP contribution in [0.15, 0.2) is 48.5 Å². The first-order valence-corrected chi connectivity index (χ1v) is 9.76. The molecule has 0 heterocycles. The molecule has 0 fully saturated rings. The molecule has 0 saturated heterocycles. The summed E-state index contributed by atoms with van der Waals surface area (Å²) in [7, 11) is 0. The van der Waals surface area contributed by atoms with Gasteiger partial charge in [-0.15, -0.1) is 0 Å². The van der Waals surface area contributed by atoms with E-state index in [1.807, 2.05) is 24.3 Å². The van der Waals surface area contributed by atoms with E-state index in [0.29, 0.717) is 11.1 Å². The van der Waals surface area contributed by atoms with Crippen molar-refractivity contribution >= 4 is 27.9 Å². The average Bonchev–Trinajstić information content (AvgIpc) is 2.63. The van der Waals surface area contributed by atoms with Crippen LogP contribution in [0.25, 0.3) is 0 Å². The van der Waals surface area contributed by atoms with Gasteiger partial charge in [0.1, 0.15) is 0 Å². The van der Waals surface area contributed by atoms with E-state index in [1.165, 1.54) is 18.4 Å². The first kappa shape index (κ1) is 19.4. The van der Waals surface area contributed by atoms with Gasteiger partial charge < -0.3 is 4.74 Å². The topological polar surface area (TPSA) is 43.4 Å². The van der Waals surface area contributed by atoms with E-state index in [9.17, 15) is 9.59 Å². The van der Waals surface area contributed by atoms with Gasteiger partial charge in [0.05, 0.1) is 11.1 Å². The highest BCUT2D eigenvalue weighted by Crippen LogP contribution is 2.12. The summed E-state index contributed by atoms with van der Waals surface area (Å²) in [4.78, 5) is 24.2. The van der Waals surface area contributed by atoms with Crippen LogP contribution in [0.1, 0.15) is 58.0 Å². The molecule has 4 heteroatoms. The minimum Gasteiger partial charge on any atom is -0.386 e. The molecule has 0 spiro atoms. The molecule has 0 N–H and O–H groups in total. The molecule has 0 aliphatic rings. The standard InChI is InChI=1S/C21H23BrO3/c1-2-3-4-5-16-6-10-18(11-7-16)20(23)25-21(24)19-12-8-17(9-13-19)14-15-22/h6-13H,2-5,14-15H2,1H3. The lowest BCUT2D eigenvalue weighted by Crippen LogP contribution is -2.13. The summed E-state index contributed by atoms with van der Waals surface area (Å²) in [5, 5.41) is 0.865. The van der Waals surface area contributed by atoms with E-state index in [0.717, 1.165) is 30.2 Å². The molecule has 0 aliphatic carbocycles. The Balaban J connectivity index is 1.93. The predicted octanol–water partition coefficient (Wildman–Crippen LogP) is 5.35. The second-order valence-corrected chi connectivity index (χ2v) is 6.76. The van der Waals surface area contributed by atoms with Crippen LogP contribution in [-0.4, -0.2) is 17.3 Å². The highest BCUT2D eigenvalue weighted by atomic mass is 79.9. The zero-order chi connectivity index (χ0) is 18.1. The molecule has 2 aromatic rings. The highest BCUT2D eigenvalue weighted by molar-refractivity contribution is 9.09. The molecule has 3 nitrogen and oxygen atoms in total. The normalized spacial score (nSPS) is 10.5. The van der Waals surface area contributed by atoms with E-state index < -0.39 is 11.9 Å². The van der Waals surface area contributed by atoms with Crippen LogP contribution in [0, 0.1) is 0 Å². The van der Waals surface area contributed by atoms with Crippen molar-refractivity contribution in [3.63, 3.8) is 0 Å². The van der Waals surface area contributed by atoms with E-state index in [4.69, 9.17) is 4.74 Å². The van der Waals surface area contributed by atoms with Crippen molar-refractivity contribution in [2.75, 3.05) is 5.33 Å². The summed E-state index contributed by atoms with van der Waals surface area (Å²) < 4.78 is 4.97. The van der Waals surface area contributed by atoms with Crippen molar-refractivity contribution in [2.45, 2.75) is 39.0 Å². The minimum atomic E-state index is -0.623. The molecule has 2 aromatic carbocycles. The molecule has 0 atom stereocenters. The number of halogens is 1. The zero-order valence-electron chi connectivity index (χ0n) is 14.5. The summed E-state index contributed by atoms with van der Waals surface area (Å²) in [6.07, 6.45) is 5.42. The van der Waals surface area contributed by atoms with Gasteiger partial charge in [0, 0.05) is 5.33 Å². The number of carbonyl (C=O) groups is 2. The first-order valence-electron chi connectivity index (χ1n) is 8.64. The summed E-state index contributed by atoms with van der Waals surface area (Å²) in [6, 6.07) is 14.4. The number of esters is 2. The Bertz CT molecular complexity index is 690. The maximum Gasteiger partial charge on any atom is 0.346 e. The Kier molecular flexibility index (Phi) is 7.86. The second kappa shape index (κ2) is 10.1. The number of alkyl halides is 1. The zero-order valence-corrected chi connectivity index (χ0v) is 16.1. The van der Waals surface area contributed by atoms with Crippen molar-refractivity contribution in [1.82, 2.24) is 0 Å². The summed E-state index contributed by atoms with van der Waals surface area (Å²) >= 11 is 3.38. The second-order valence-electron chi connectivity index (χ2n) is 5.97. The SMILES string of the molecule is CCCCCc1ccc(C(=O)OC(=O)c2ccc(CCBr)cc2)cc1. The lowest BCUT2D eigenvalue weighted by molar-refractivity contribution is 0.0398. The number of ether oxygens (including phenoxy) is 1. The number of aryl methyl sites for hydroxylation is 2. The Morgan fingerprint density at radius 2 is 1.28 bits per heavy atom. The van der Waals surface area contributed by atoms with Crippen LogP contribution in [0.5, 0.6) is 0 Å². The molecule has 0 aliphatic heterocycles. The molecule has 2 rings (SSSR count). The summed E-state index contributed by atoms with van der Waals surface area (Å²) in [5.74, 6) is -1.24. The fourth-order valence-electron chi connectivity index (χ4n) is 2.51. The van der Waals surface area contributed by atoms with Crippen LogP contribution in [-0.2, 0) is 17.6 Å². The third-order valence-electron chi connectivity index (χ3n) is 4.02. The van der Waals surface area contributed by atoms with E-state index >= 15 is 0 Å². The quantitative estimate of drug-likeness (QED) is 0.258. The van der Waals surface area contributed by atoms with Gasteiger partial charge in [0.2, 0.25) is 0 Å². The number of rotatable bonds is 8. The van der Waals surface area contributed by atoms with Gasteiger partial charge in [0.25, 0.3) is 0 Å². The maximum atomic E-state index is 12.1. The lowest BCUT2D eigenvalue weighted by Gasteiger charge is -2.05. The van der Waals surface area contributed by atoms with Crippen molar-refractivity contribution < 1.29 is 14.3 Å². The van der Waals surface area contributed by atoms with Crippen molar-refractivity contribution in [2.24, 2.45) is 0 Å². The van der Waals surface area contributed by atoms with Gasteiger partial charge >= 0.3 is 11.9 Å². The number of benzene rings is 2. The van der Waals surface area contributed by atoms with Gasteiger partial charge in [-0.25, -0.2) is 9.59 Å². The number of hydrogen-bond donors (Lipinski definition) is 0. The van der Waals surface area contributed by atoms with Crippen LogP contribution < -0.4 is 0 Å². The molecule has 25 heavy (non-hydrogen) atoms. The first-order chi connectivity index (χ1) is 12.1. The average molecular weight is 403 g/mol. The maximum absolute atomic E-state index is 12.1. The third-order valence-corrected chi connectivity index (χ3v) is 4.41. The van der Waals surface area contributed by atoms with Gasteiger partial charge in [-0.05, 0) is 54.7 Å². The Hall–Kier alpha value is -1.94. The molecule has 0 radical (unpaired) electrons. The van der Waals surface area contributed by atoms with Crippen molar-refractivity contribution in [3.8, 4) is 0 Å². The van der Waals surface area contributed by atoms with E-state index in [-0.39, 0.29) is 0 Å². The molecule has 0 bridgehead atoms. The summed E-state index contributed by atoms with van der Waals surface area (Å²) in [6.45, 7) is 2.17. The Morgan fingerprint density at radius 3 is 1.72 bits per heavy atom. The Morgan fingerprint density at radius 1 is 0.800 bits per heavy atom. The molecular weight excluding hydrogens is 380 g/mol. The molecule has 0 aromatic heterocycles. The van der Waals surface area contributed by atoms with Crippen LogP contribution in [0.4, 0.5) is 0 Å². The number of carbonyl (C=O) groups excluding carboxylic acids is 2. The predicted molar refractivity (Wildman–Crippen MR) is 103 cm³/mol. The van der Waals surface area contributed by atoms with Crippen molar-refractivity contribution in [1.29, 1.82) is 0 Å². The fraction of sp³-hybridized carbons (Fsp3) is 0.333. The van der Waals surface area contributed by atoms with Gasteiger partial charge in [-0.3, -0.25) is 0 Å². The minimum absolute atomic E-state index is 0.378. The van der Waals surface area contributed by atoms with Crippen LogP contribution in [0.2, 0.25) is 0 Å². The molecular formula is C21H23BrO3. The monoisotopic (exact) mass is 402 g/mol. The number of unbranched alkanes of at least 4 members (excludes halogenated alkanes) is 2. The molecule has 0 unspecified atom stereocenters. The number of hydrogen-bond acceptors (Lipinski definition) is 3. The largest absolute Gasteiger partial charge is 0.386 e. The van der Waals surface area contributed by atoms with E-state index in [1.54, 1.807) is 24.3 Å². The van der Waals surface area contributed by atoms with Gasteiger partial charge in [-0.1, -0.05) is 60.0 Å². The smallest absolute Gasteiger partial charge is 0.346 e. The molecule has 132 valence electrons. The fourth-order valence-corrected chi connectivity index (χ4v) is 2.96. The lowest BCUT2D eigenvalue weighted by atomic mass is 10.1. The molecule has 0 saturated carbocycles. The Labute approximate surface area is 157 Å². The van der Waals surface area contributed by atoms with Crippen LogP contribution in [0.3, 0.4) is 0 Å². The van der Waals surface area contributed by atoms with Gasteiger partial charge in [0.15, 0.2) is 0 Å². The van der Waals surface area contributed by atoms with Crippen LogP contribution >= 0.6 is 15.9 Å². The molecule has 0 amide bonds.